The average molecular weight is 279 g/mol. The van der Waals surface area contributed by atoms with Crippen LogP contribution >= 0.6 is 0 Å². The predicted molar refractivity (Wildman–Crippen MR) is 66.1 cm³/mol. The number of hydrogen-bond donors (Lipinski definition) is 1. The fourth-order valence-electron chi connectivity index (χ4n) is 1.79. The first kappa shape index (κ1) is 13.7. The number of benzene rings is 1. The standard InChI is InChI=1S/C12H10FN3O4/c1-7-5-15(14-11(7)16(19)20)6-8-2-3-9(12(17)18)10(13)4-8/h2-5H,6H2,1H3,(H,17,18). The zero-order chi connectivity index (χ0) is 14.9. The van der Waals surface area contributed by atoms with Gasteiger partial charge in [0.2, 0.25) is 0 Å². The number of nitrogens with zero attached hydrogens (tertiary/aromatic N) is 3. The highest BCUT2D eigenvalue weighted by Gasteiger charge is 2.17. The van der Waals surface area contributed by atoms with E-state index in [2.05, 4.69) is 5.10 Å². The molecule has 0 unspecified atom stereocenters. The van der Waals surface area contributed by atoms with Crippen LogP contribution in [0, 0.1) is 22.9 Å². The highest BCUT2D eigenvalue weighted by atomic mass is 19.1. The summed E-state index contributed by atoms with van der Waals surface area (Å²) in [6.45, 7) is 1.67. The van der Waals surface area contributed by atoms with Crippen LogP contribution in [-0.2, 0) is 6.54 Å². The van der Waals surface area contributed by atoms with Gasteiger partial charge in [0.1, 0.15) is 5.82 Å². The molecule has 8 heteroatoms. The summed E-state index contributed by atoms with van der Waals surface area (Å²) in [4.78, 5) is 20.8. The molecule has 1 heterocycles. The molecule has 0 fully saturated rings. The Balaban J connectivity index is 2.26. The zero-order valence-electron chi connectivity index (χ0n) is 10.4. The lowest BCUT2D eigenvalue weighted by Crippen LogP contribution is -2.05. The number of carboxylic acids is 1. The Labute approximate surface area is 112 Å². The van der Waals surface area contributed by atoms with Crippen LogP contribution in [0.5, 0.6) is 0 Å². The van der Waals surface area contributed by atoms with Crippen molar-refractivity contribution in [3.63, 3.8) is 0 Å². The molecule has 0 aliphatic heterocycles. The normalized spacial score (nSPS) is 10.5. The fourth-order valence-corrected chi connectivity index (χ4v) is 1.79. The molecule has 0 saturated heterocycles. The van der Waals surface area contributed by atoms with E-state index in [0.29, 0.717) is 11.1 Å². The van der Waals surface area contributed by atoms with Crippen molar-refractivity contribution in [3.05, 3.63) is 57.0 Å². The topological polar surface area (TPSA) is 98.3 Å². The summed E-state index contributed by atoms with van der Waals surface area (Å²) in [5.74, 6) is -2.46. The maximum Gasteiger partial charge on any atom is 0.392 e. The minimum atomic E-state index is -1.35. The Morgan fingerprint density at radius 2 is 2.25 bits per heavy atom. The summed E-state index contributed by atoms with van der Waals surface area (Å²) in [6, 6.07) is 3.67. The number of aromatic nitrogens is 2. The molecule has 0 saturated carbocycles. The first-order chi connectivity index (χ1) is 9.38. The molecule has 1 N–H and O–H groups in total. The van der Waals surface area contributed by atoms with Gasteiger partial charge in [-0.15, -0.1) is 0 Å². The largest absolute Gasteiger partial charge is 0.478 e. The smallest absolute Gasteiger partial charge is 0.392 e. The third-order valence-corrected chi connectivity index (χ3v) is 2.70. The van der Waals surface area contributed by atoms with Crippen molar-refractivity contribution in [3.8, 4) is 0 Å². The molecule has 0 amide bonds. The molecule has 0 aliphatic rings. The second-order valence-electron chi connectivity index (χ2n) is 4.21. The van der Waals surface area contributed by atoms with E-state index >= 15 is 0 Å². The number of aryl methyl sites for hydroxylation is 1. The average Bonchev–Trinajstić information content (AvgIpc) is 2.70. The number of halogens is 1. The van der Waals surface area contributed by atoms with Gasteiger partial charge in [0.15, 0.2) is 0 Å². The van der Waals surface area contributed by atoms with Gasteiger partial charge >= 0.3 is 11.8 Å². The lowest BCUT2D eigenvalue weighted by molar-refractivity contribution is -0.390. The molecule has 0 spiro atoms. The molecule has 7 nitrogen and oxygen atoms in total. The van der Waals surface area contributed by atoms with Crippen LogP contribution in [0.15, 0.2) is 24.4 Å². The van der Waals surface area contributed by atoms with Crippen LogP contribution in [0.3, 0.4) is 0 Å². The summed E-state index contributed by atoms with van der Waals surface area (Å²) in [5.41, 5.74) is 0.443. The summed E-state index contributed by atoms with van der Waals surface area (Å²) in [5, 5.41) is 23.2. The Morgan fingerprint density at radius 3 is 2.75 bits per heavy atom. The first-order valence-corrected chi connectivity index (χ1v) is 5.58. The van der Waals surface area contributed by atoms with Gasteiger partial charge in [-0.3, -0.25) is 0 Å². The zero-order valence-corrected chi connectivity index (χ0v) is 10.4. The van der Waals surface area contributed by atoms with E-state index in [0.717, 1.165) is 12.1 Å². The summed E-state index contributed by atoms with van der Waals surface area (Å²) < 4.78 is 14.8. The van der Waals surface area contributed by atoms with E-state index in [-0.39, 0.29) is 12.4 Å². The molecule has 20 heavy (non-hydrogen) atoms. The molecule has 0 aliphatic carbocycles. The highest BCUT2D eigenvalue weighted by Crippen LogP contribution is 2.16. The van der Waals surface area contributed by atoms with Gasteiger partial charge in [-0.05, 0) is 29.5 Å². The van der Waals surface area contributed by atoms with Crippen molar-refractivity contribution < 1.29 is 19.2 Å². The number of aromatic carboxylic acids is 1. The minimum Gasteiger partial charge on any atom is -0.478 e. The van der Waals surface area contributed by atoms with Gasteiger partial charge in [-0.1, -0.05) is 6.07 Å². The van der Waals surface area contributed by atoms with E-state index < -0.39 is 22.3 Å². The van der Waals surface area contributed by atoms with Crippen molar-refractivity contribution >= 4 is 11.8 Å². The number of hydrogen-bond acceptors (Lipinski definition) is 4. The Bertz CT molecular complexity index is 696. The maximum atomic E-state index is 13.5. The van der Waals surface area contributed by atoms with Gasteiger partial charge in [-0.25, -0.2) is 9.18 Å². The maximum absolute atomic E-state index is 13.5. The summed E-state index contributed by atoms with van der Waals surface area (Å²) in [7, 11) is 0. The second kappa shape index (κ2) is 5.08. The predicted octanol–water partition coefficient (Wildman–Crippen LogP) is 1.99. The van der Waals surface area contributed by atoms with Crippen LogP contribution < -0.4 is 0 Å². The van der Waals surface area contributed by atoms with Crippen LogP contribution in [0.2, 0.25) is 0 Å². The Morgan fingerprint density at radius 1 is 1.55 bits per heavy atom. The van der Waals surface area contributed by atoms with Crippen LogP contribution in [0.25, 0.3) is 0 Å². The minimum absolute atomic E-state index is 0.117. The highest BCUT2D eigenvalue weighted by molar-refractivity contribution is 5.87. The first-order valence-electron chi connectivity index (χ1n) is 5.58. The Hall–Kier alpha value is -2.77. The number of carboxylic acid groups (broad SMARTS) is 1. The van der Waals surface area contributed by atoms with Crippen molar-refractivity contribution in [2.24, 2.45) is 0 Å². The fraction of sp³-hybridized carbons (Fsp3) is 0.167. The number of nitro groups is 1. The van der Waals surface area contributed by atoms with Gasteiger partial charge in [0.25, 0.3) is 0 Å². The molecule has 2 rings (SSSR count). The van der Waals surface area contributed by atoms with E-state index in [9.17, 15) is 19.3 Å². The van der Waals surface area contributed by atoms with Crippen LogP contribution in [0.4, 0.5) is 10.2 Å². The number of carbonyl (C=O) groups is 1. The van der Waals surface area contributed by atoms with E-state index in [4.69, 9.17) is 5.11 Å². The van der Waals surface area contributed by atoms with E-state index in [1.54, 1.807) is 6.92 Å². The molecule has 2 aromatic rings. The van der Waals surface area contributed by atoms with Gasteiger partial charge < -0.3 is 15.2 Å². The van der Waals surface area contributed by atoms with Crippen molar-refractivity contribution in [2.75, 3.05) is 0 Å². The van der Waals surface area contributed by atoms with Crippen molar-refractivity contribution in [1.29, 1.82) is 0 Å². The van der Waals surface area contributed by atoms with Crippen molar-refractivity contribution in [1.82, 2.24) is 9.78 Å². The lowest BCUT2D eigenvalue weighted by Gasteiger charge is -2.01. The van der Waals surface area contributed by atoms with Crippen LogP contribution in [0.1, 0.15) is 21.5 Å². The molecule has 1 aromatic carbocycles. The summed E-state index contributed by atoms with van der Waals surface area (Å²) >= 11 is 0. The van der Waals surface area contributed by atoms with Gasteiger partial charge in [0.05, 0.1) is 29.0 Å². The van der Waals surface area contributed by atoms with Gasteiger partial charge in [-0.2, -0.15) is 4.68 Å². The molecule has 104 valence electrons. The van der Waals surface area contributed by atoms with Crippen LogP contribution in [-0.4, -0.2) is 25.8 Å². The molecule has 0 radical (unpaired) electrons. The molecular weight excluding hydrogens is 269 g/mol. The van der Waals surface area contributed by atoms with E-state index in [1.165, 1.54) is 16.9 Å². The molecular formula is C12H10FN3O4. The number of rotatable bonds is 4. The third kappa shape index (κ3) is 2.63. The lowest BCUT2D eigenvalue weighted by atomic mass is 10.1. The molecule has 0 atom stereocenters. The summed E-state index contributed by atoms with van der Waals surface area (Å²) in [6.07, 6.45) is 1.47. The quantitative estimate of drug-likeness (QED) is 0.681. The van der Waals surface area contributed by atoms with Crippen molar-refractivity contribution in [2.45, 2.75) is 13.5 Å². The third-order valence-electron chi connectivity index (χ3n) is 2.70. The Kier molecular flexibility index (Phi) is 3.47. The monoisotopic (exact) mass is 279 g/mol. The second-order valence-corrected chi connectivity index (χ2v) is 4.21. The molecule has 0 bridgehead atoms. The SMILES string of the molecule is Cc1cn(Cc2ccc(C(=O)O)c(F)c2)nc1[N+](=O)[O-]. The van der Waals surface area contributed by atoms with Gasteiger partial charge in [0, 0.05) is 0 Å². The molecule has 1 aromatic heterocycles. The van der Waals surface area contributed by atoms with E-state index in [1.807, 2.05) is 0 Å².